The molecule has 3 N–H and O–H groups in total. The number of nitrogens with one attached hydrogen (secondary N) is 1. The molecule has 0 bridgehead atoms. The number of hydrogen-bond acceptors (Lipinski definition) is 7. The number of nitrogens with zero attached hydrogens (tertiary/aromatic N) is 2. The van der Waals surface area contributed by atoms with Crippen LogP contribution in [0.25, 0.3) is 0 Å². The van der Waals surface area contributed by atoms with Crippen LogP contribution in [0.2, 0.25) is 0 Å². The number of phenols is 1. The molecule has 10 heteroatoms. The summed E-state index contributed by atoms with van der Waals surface area (Å²) in [7, 11) is -3.88. The van der Waals surface area contributed by atoms with Gasteiger partial charge in [0.1, 0.15) is 6.10 Å². The summed E-state index contributed by atoms with van der Waals surface area (Å²) in [6.45, 7) is 2.06. The highest BCUT2D eigenvalue weighted by Gasteiger charge is 2.28. The molecule has 5 rings (SSSR count). The number of amides is 1. The molecule has 1 aromatic heterocycles. The highest BCUT2D eigenvalue weighted by atomic mass is 32.2. The molecular formula is C32H35N3O6S. The van der Waals surface area contributed by atoms with Gasteiger partial charge in [-0.25, -0.2) is 13.4 Å². The van der Waals surface area contributed by atoms with Gasteiger partial charge in [-0.1, -0.05) is 30.3 Å². The minimum Gasteiger partial charge on any atom is -0.504 e. The number of phenolic OH excluding ortho intramolecular Hbond substituents is 1. The largest absolute Gasteiger partial charge is 0.504 e. The van der Waals surface area contributed by atoms with E-state index in [0.29, 0.717) is 24.1 Å². The van der Waals surface area contributed by atoms with Crippen molar-refractivity contribution >= 4 is 15.7 Å². The van der Waals surface area contributed by atoms with Gasteiger partial charge in [0.25, 0.3) is 5.91 Å². The lowest BCUT2D eigenvalue weighted by Gasteiger charge is -2.27. The average Bonchev–Trinajstić information content (AvgIpc) is 3.51. The number of aryl methyl sites for hydroxylation is 1. The number of imidazole rings is 1. The summed E-state index contributed by atoms with van der Waals surface area (Å²) in [4.78, 5) is 16.5. The molecule has 1 heterocycles. The van der Waals surface area contributed by atoms with Crippen LogP contribution in [0.1, 0.15) is 58.5 Å². The number of hydrogen-bond donors (Lipinski definition) is 3. The van der Waals surface area contributed by atoms with Crippen molar-refractivity contribution in [3.8, 4) is 11.5 Å². The van der Waals surface area contributed by atoms with Crippen molar-refractivity contribution in [1.29, 1.82) is 0 Å². The van der Waals surface area contributed by atoms with E-state index in [1.54, 1.807) is 25.5 Å². The van der Waals surface area contributed by atoms with E-state index in [1.165, 1.54) is 24.3 Å². The number of rotatable bonds is 11. The molecule has 0 spiro atoms. The van der Waals surface area contributed by atoms with Gasteiger partial charge in [-0.3, -0.25) is 4.79 Å². The number of fused-ring (bicyclic) bond motifs is 1. The number of aliphatic hydroxyl groups excluding tert-OH is 1. The third-order valence-electron chi connectivity index (χ3n) is 7.43. The first-order chi connectivity index (χ1) is 20.2. The molecule has 0 aliphatic heterocycles. The number of carbonyl (C=O) groups excluding carboxylic acids is 1. The first kappa shape index (κ1) is 29.3. The Hall–Kier alpha value is -4.15. The van der Waals surface area contributed by atoms with Crippen LogP contribution >= 0.6 is 0 Å². The van der Waals surface area contributed by atoms with E-state index >= 15 is 0 Å². The molecule has 220 valence electrons. The van der Waals surface area contributed by atoms with Crippen molar-refractivity contribution in [1.82, 2.24) is 14.9 Å². The van der Waals surface area contributed by atoms with Gasteiger partial charge < -0.3 is 24.8 Å². The molecule has 4 aromatic rings. The number of aromatic nitrogens is 2. The number of aliphatic hydroxyl groups is 1. The molecule has 42 heavy (non-hydrogen) atoms. The van der Waals surface area contributed by atoms with Crippen LogP contribution in [0, 0.1) is 0 Å². The molecule has 0 saturated carbocycles. The van der Waals surface area contributed by atoms with Crippen molar-refractivity contribution in [3.05, 3.63) is 107 Å². The maximum atomic E-state index is 13.8. The van der Waals surface area contributed by atoms with Crippen molar-refractivity contribution in [2.24, 2.45) is 0 Å². The highest BCUT2D eigenvalue weighted by Crippen LogP contribution is 2.42. The second-order valence-corrected chi connectivity index (χ2v) is 12.7. The Bertz CT molecular complexity index is 1620. The third-order valence-corrected chi connectivity index (χ3v) is 9.09. The average molecular weight is 590 g/mol. The van der Waals surface area contributed by atoms with E-state index in [9.17, 15) is 23.4 Å². The quantitative estimate of drug-likeness (QED) is 0.237. The number of ether oxygens (including phenoxy) is 1. The molecule has 1 aliphatic rings. The van der Waals surface area contributed by atoms with Gasteiger partial charge in [-0.05, 0) is 79.6 Å². The molecule has 1 aliphatic carbocycles. The van der Waals surface area contributed by atoms with Crippen molar-refractivity contribution < 1.29 is 28.2 Å². The Morgan fingerprint density at radius 2 is 1.83 bits per heavy atom. The first-order valence-electron chi connectivity index (χ1n) is 14.0. The summed E-state index contributed by atoms with van der Waals surface area (Å²) in [5.41, 5.74) is 3.48. The summed E-state index contributed by atoms with van der Waals surface area (Å²) in [5.74, 6) is -0.679. The number of sulfone groups is 1. The maximum absolute atomic E-state index is 13.8. The smallest absolute Gasteiger partial charge is 0.251 e. The van der Waals surface area contributed by atoms with E-state index in [-0.39, 0.29) is 28.7 Å². The summed E-state index contributed by atoms with van der Waals surface area (Å²) >= 11 is 0. The first-order valence-corrected chi connectivity index (χ1v) is 15.7. The minimum absolute atomic E-state index is 0.0615. The Morgan fingerprint density at radius 1 is 1.10 bits per heavy atom. The fourth-order valence-electron chi connectivity index (χ4n) is 5.28. The zero-order valence-electron chi connectivity index (χ0n) is 23.4. The second-order valence-electron chi connectivity index (χ2n) is 10.7. The standard InChI is InChI=1S/C32H35N3O6S/c1-22(36)18-34-32(38)24-11-13-26(14-12-24)42(39,40)20-28-27-10-6-5-9-25(27)17-29(37)31(28)41-30(19-35-16-15-33-21-35)23-7-3-2-4-8-23/h2-4,7-8,11-17,21-22,30,36-37H,5-6,9-10,18-20H2,1H3,(H,34,38)/t22-,30+/m0/s1. The lowest BCUT2D eigenvalue weighted by molar-refractivity contribution is 0.0924. The lowest BCUT2D eigenvalue weighted by atomic mass is 9.88. The number of benzene rings is 3. The normalized spacial score (nSPS) is 14.5. The van der Waals surface area contributed by atoms with E-state index in [2.05, 4.69) is 10.3 Å². The molecule has 0 fully saturated rings. The molecule has 0 unspecified atom stereocenters. The SMILES string of the molecule is C[C@H](O)CNC(=O)c1ccc(S(=O)(=O)Cc2c3c(cc(O)c2O[C@H](Cn2ccnc2)c2ccccc2)CCCC3)cc1. The van der Waals surface area contributed by atoms with Gasteiger partial charge >= 0.3 is 0 Å². The van der Waals surface area contributed by atoms with Crippen LogP contribution in [0.4, 0.5) is 0 Å². The summed E-state index contributed by atoms with van der Waals surface area (Å²) in [6.07, 6.45) is 7.30. The molecule has 3 aromatic carbocycles. The Morgan fingerprint density at radius 3 is 2.52 bits per heavy atom. The van der Waals surface area contributed by atoms with Crippen molar-refractivity contribution in [2.45, 2.75) is 62.0 Å². The summed E-state index contributed by atoms with van der Waals surface area (Å²) in [5, 5.41) is 23.2. The van der Waals surface area contributed by atoms with Crippen molar-refractivity contribution in [3.63, 3.8) is 0 Å². The van der Waals surface area contributed by atoms with Gasteiger partial charge in [0, 0.05) is 30.1 Å². The zero-order valence-corrected chi connectivity index (χ0v) is 24.3. The van der Waals surface area contributed by atoms with E-state index in [4.69, 9.17) is 4.74 Å². The van der Waals surface area contributed by atoms with Crippen molar-refractivity contribution in [2.75, 3.05) is 6.54 Å². The second kappa shape index (κ2) is 12.8. The predicted molar refractivity (Wildman–Crippen MR) is 158 cm³/mol. The van der Waals surface area contributed by atoms with E-state index in [0.717, 1.165) is 36.0 Å². The summed E-state index contributed by atoms with van der Waals surface area (Å²) in [6, 6.07) is 17.0. The Labute approximate surface area is 245 Å². The van der Waals surface area contributed by atoms with Gasteiger partial charge in [0.05, 0.1) is 29.6 Å². The third kappa shape index (κ3) is 6.83. The molecule has 1 amide bonds. The fraction of sp³-hybridized carbons (Fsp3) is 0.312. The van der Waals surface area contributed by atoms with Crippen LogP contribution in [-0.2, 0) is 35.0 Å². The number of aromatic hydroxyl groups is 1. The fourth-order valence-corrected chi connectivity index (χ4v) is 6.68. The Balaban J connectivity index is 1.49. The van der Waals surface area contributed by atoms with Crippen LogP contribution in [0.5, 0.6) is 11.5 Å². The monoisotopic (exact) mass is 589 g/mol. The van der Waals surface area contributed by atoms with Crippen LogP contribution in [-0.4, -0.2) is 46.7 Å². The molecule has 9 nitrogen and oxygen atoms in total. The molecule has 0 radical (unpaired) electrons. The lowest BCUT2D eigenvalue weighted by Crippen LogP contribution is -2.30. The Kier molecular flexibility index (Phi) is 8.94. The predicted octanol–water partition coefficient (Wildman–Crippen LogP) is 4.37. The molecule has 2 atom stereocenters. The molecular weight excluding hydrogens is 554 g/mol. The van der Waals surface area contributed by atoms with Crippen LogP contribution in [0.3, 0.4) is 0 Å². The topological polar surface area (TPSA) is 131 Å². The van der Waals surface area contributed by atoms with Crippen LogP contribution < -0.4 is 10.1 Å². The highest BCUT2D eigenvalue weighted by molar-refractivity contribution is 7.90. The maximum Gasteiger partial charge on any atom is 0.251 e. The van der Waals surface area contributed by atoms with Gasteiger partial charge in [-0.2, -0.15) is 0 Å². The van der Waals surface area contributed by atoms with Crippen LogP contribution in [0.15, 0.2) is 84.3 Å². The van der Waals surface area contributed by atoms with Gasteiger partial charge in [-0.15, -0.1) is 0 Å². The zero-order chi connectivity index (χ0) is 29.7. The minimum atomic E-state index is -3.88. The van der Waals surface area contributed by atoms with Gasteiger partial charge in [0.2, 0.25) is 0 Å². The number of carbonyl (C=O) groups is 1. The van der Waals surface area contributed by atoms with Gasteiger partial charge in [0.15, 0.2) is 21.3 Å². The van der Waals surface area contributed by atoms with E-state index in [1.807, 2.05) is 41.1 Å². The molecule has 0 saturated heterocycles. The summed E-state index contributed by atoms with van der Waals surface area (Å²) < 4.78 is 36.0. The van der Waals surface area contributed by atoms with E-state index < -0.39 is 28.0 Å².